The molecule has 0 bridgehead atoms. The summed E-state index contributed by atoms with van der Waals surface area (Å²) in [6.45, 7) is 1.25. The van der Waals surface area contributed by atoms with Crippen molar-refractivity contribution in [3.8, 4) is 16.4 Å². The van der Waals surface area contributed by atoms with Gasteiger partial charge in [-0.2, -0.15) is 0 Å². The van der Waals surface area contributed by atoms with Crippen molar-refractivity contribution in [2.24, 2.45) is 0 Å². The summed E-state index contributed by atoms with van der Waals surface area (Å²) < 4.78 is 2.00. The van der Waals surface area contributed by atoms with E-state index in [1.54, 1.807) is 17.7 Å². The third-order valence-corrected chi connectivity index (χ3v) is 7.21. The summed E-state index contributed by atoms with van der Waals surface area (Å²) in [5.74, 6) is 0.127. The first-order chi connectivity index (χ1) is 15.6. The lowest BCUT2D eigenvalue weighted by atomic mass is 10.1. The molecule has 32 heavy (non-hydrogen) atoms. The molecule has 3 heterocycles. The van der Waals surface area contributed by atoms with E-state index in [1.165, 1.54) is 0 Å². The number of likely N-dealkylation sites (tertiary alicyclic amines) is 1. The molecule has 1 amide bonds. The summed E-state index contributed by atoms with van der Waals surface area (Å²) in [7, 11) is 0. The Balaban J connectivity index is 1.45. The number of amides is 1. The van der Waals surface area contributed by atoms with Crippen LogP contribution in [0, 0.1) is 0 Å². The number of aliphatic hydroxyl groups excluding tert-OH is 1. The maximum atomic E-state index is 12.8. The van der Waals surface area contributed by atoms with Crippen molar-refractivity contribution in [2.75, 3.05) is 13.1 Å². The predicted octanol–water partition coefficient (Wildman–Crippen LogP) is 4.72. The maximum Gasteiger partial charge on any atom is 0.222 e. The van der Waals surface area contributed by atoms with Crippen LogP contribution in [-0.4, -0.2) is 49.6 Å². The highest BCUT2D eigenvalue weighted by atomic mass is 35.5. The van der Waals surface area contributed by atoms with Crippen LogP contribution in [0.4, 0.5) is 0 Å². The summed E-state index contributed by atoms with van der Waals surface area (Å²) in [6, 6.07) is 15.6. The van der Waals surface area contributed by atoms with E-state index >= 15 is 0 Å². The van der Waals surface area contributed by atoms with E-state index < -0.39 is 0 Å². The Hall–Kier alpha value is -2.74. The molecule has 1 saturated heterocycles. The molecule has 0 saturated carbocycles. The van der Waals surface area contributed by atoms with Gasteiger partial charge in [-0.1, -0.05) is 35.9 Å². The highest BCUT2D eigenvalue weighted by Gasteiger charge is 2.22. The first-order valence-electron chi connectivity index (χ1n) is 10.7. The van der Waals surface area contributed by atoms with E-state index in [-0.39, 0.29) is 12.0 Å². The van der Waals surface area contributed by atoms with Gasteiger partial charge in [-0.15, -0.1) is 11.3 Å². The van der Waals surface area contributed by atoms with Crippen molar-refractivity contribution >= 4 is 39.9 Å². The second-order valence-electron chi connectivity index (χ2n) is 7.99. The van der Waals surface area contributed by atoms with Gasteiger partial charge in [-0.25, -0.2) is 9.97 Å². The van der Waals surface area contributed by atoms with E-state index in [0.717, 1.165) is 32.3 Å². The minimum atomic E-state index is -0.287. The summed E-state index contributed by atoms with van der Waals surface area (Å²) in [4.78, 5) is 25.1. The highest BCUT2D eigenvalue weighted by Crippen LogP contribution is 2.33. The molecule has 0 atom stereocenters. The van der Waals surface area contributed by atoms with Crippen LogP contribution in [0.15, 0.2) is 54.9 Å². The van der Waals surface area contributed by atoms with Gasteiger partial charge in [0.25, 0.3) is 0 Å². The lowest BCUT2D eigenvalue weighted by molar-refractivity contribution is -0.133. The normalized spacial score (nSPS) is 14.9. The standard InChI is InChI=1S/C24H23ClN4O2S/c25-17-7-5-16(6-8-17)23-21(9-10-22(31)28-13-11-18(30)12-14-28)32-24(27-23)29-15-26-19-3-1-2-4-20(19)29/h1-8,15,18,30H,9-14H2. The van der Waals surface area contributed by atoms with Crippen molar-refractivity contribution in [1.29, 1.82) is 0 Å². The number of carbonyl (C=O) groups excluding carboxylic acids is 1. The number of nitrogens with zero attached hydrogens (tertiary/aromatic N) is 4. The van der Waals surface area contributed by atoms with Gasteiger partial charge in [0, 0.05) is 35.0 Å². The topological polar surface area (TPSA) is 71.2 Å². The Morgan fingerprint density at radius 2 is 1.88 bits per heavy atom. The lowest BCUT2D eigenvalue weighted by Crippen LogP contribution is -2.40. The van der Waals surface area contributed by atoms with Crippen LogP contribution in [0.1, 0.15) is 24.1 Å². The van der Waals surface area contributed by atoms with Crippen molar-refractivity contribution in [1.82, 2.24) is 19.4 Å². The number of aryl methyl sites for hydroxylation is 1. The molecule has 164 valence electrons. The Morgan fingerprint density at radius 3 is 2.66 bits per heavy atom. The average molecular weight is 467 g/mol. The number of fused-ring (bicyclic) bond motifs is 1. The molecule has 1 aliphatic heterocycles. The molecule has 0 spiro atoms. The molecule has 1 aliphatic rings. The van der Waals surface area contributed by atoms with Gasteiger partial charge in [-0.05, 0) is 43.5 Å². The molecule has 0 radical (unpaired) electrons. The van der Waals surface area contributed by atoms with Crippen LogP contribution in [0.5, 0.6) is 0 Å². The van der Waals surface area contributed by atoms with Gasteiger partial charge in [0.05, 0.1) is 22.8 Å². The summed E-state index contributed by atoms with van der Waals surface area (Å²) in [5, 5.41) is 11.2. The number of aliphatic hydroxyl groups is 1. The second kappa shape index (κ2) is 9.02. The number of hydrogen-bond acceptors (Lipinski definition) is 5. The number of benzene rings is 2. The van der Waals surface area contributed by atoms with Gasteiger partial charge in [-0.3, -0.25) is 9.36 Å². The van der Waals surface area contributed by atoms with E-state index in [9.17, 15) is 9.90 Å². The summed E-state index contributed by atoms with van der Waals surface area (Å²) >= 11 is 7.68. The van der Waals surface area contributed by atoms with E-state index in [4.69, 9.17) is 16.6 Å². The number of imidazole rings is 1. The van der Waals surface area contributed by atoms with Crippen LogP contribution in [0.25, 0.3) is 27.4 Å². The first-order valence-corrected chi connectivity index (χ1v) is 11.9. The van der Waals surface area contributed by atoms with Crippen LogP contribution in [0.2, 0.25) is 5.02 Å². The first kappa shape index (κ1) is 21.1. The van der Waals surface area contributed by atoms with E-state index in [2.05, 4.69) is 4.98 Å². The smallest absolute Gasteiger partial charge is 0.222 e. The highest BCUT2D eigenvalue weighted by molar-refractivity contribution is 7.14. The SMILES string of the molecule is O=C(CCc1sc(-n2cnc3ccccc32)nc1-c1ccc(Cl)cc1)N1CCC(O)CC1. The molecule has 4 aromatic rings. The van der Waals surface area contributed by atoms with Crippen LogP contribution in [0.3, 0.4) is 0 Å². The Bertz CT molecular complexity index is 1240. The van der Waals surface area contributed by atoms with E-state index in [1.807, 2.05) is 58.0 Å². The zero-order valence-electron chi connectivity index (χ0n) is 17.4. The number of carbonyl (C=O) groups is 1. The molecule has 0 aliphatic carbocycles. The molecule has 2 aromatic carbocycles. The molecule has 1 N–H and O–H groups in total. The zero-order valence-corrected chi connectivity index (χ0v) is 19.0. The monoisotopic (exact) mass is 466 g/mol. The summed E-state index contributed by atoms with van der Waals surface area (Å²) in [5.41, 5.74) is 3.77. The largest absolute Gasteiger partial charge is 0.393 e. The van der Waals surface area contributed by atoms with Crippen LogP contribution >= 0.6 is 22.9 Å². The third-order valence-electron chi connectivity index (χ3n) is 5.85. The number of aromatic nitrogens is 3. The minimum absolute atomic E-state index is 0.127. The fourth-order valence-corrected chi connectivity index (χ4v) is 5.24. The number of piperidine rings is 1. The Kier molecular flexibility index (Phi) is 5.95. The lowest BCUT2D eigenvalue weighted by Gasteiger charge is -2.29. The van der Waals surface area contributed by atoms with Crippen molar-refractivity contribution in [3.63, 3.8) is 0 Å². The number of hydrogen-bond donors (Lipinski definition) is 1. The molecule has 6 nitrogen and oxygen atoms in total. The summed E-state index contributed by atoms with van der Waals surface area (Å²) in [6.07, 6.45) is 3.84. The van der Waals surface area contributed by atoms with Crippen molar-refractivity contribution < 1.29 is 9.90 Å². The van der Waals surface area contributed by atoms with Gasteiger partial charge < -0.3 is 10.0 Å². The fourth-order valence-electron chi connectivity index (χ4n) is 4.05. The quantitative estimate of drug-likeness (QED) is 0.462. The Morgan fingerprint density at radius 1 is 1.12 bits per heavy atom. The second-order valence-corrected chi connectivity index (χ2v) is 9.49. The molecule has 1 fully saturated rings. The van der Waals surface area contributed by atoms with Gasteiger partial charge >= 0.3 is 0 Å². The van der Waals surface area contributed by atoms with Crippen molar-refractivity contribution in [2.45, 2.75) is 31.8 Å². The van der Waals surface area contributed by atoms with Gasteiger partial charge in [0.1, 0.15) is 6.33 Å². The molecule has 8 heteroatoms. The molecule has 2 aromatic heterocycles. The minimum Gasteiger partial charge on any atom is -0.393 e. The third kappa shape index (κ3) is 4.28. The van der Waals surface area contributed by atoms with E-state index in [0.29, 0.717) is 43.8 Å². The predicted molar refractivity (Wildman–Crippen MR) is 127 cm³/mol. The number of para-hydroxylation sites is 2. The Labute approximate surface area is 195 Å². The molecule has 0 unspecified atom stereocenters. The fraction of sp³-hybridized carbons (Fsp3) is 0.292. The molecule has 5 rings (SSSR count). The van der Waals surface area contributed by atoms with Crippen molar-refractivity contribution in [3.05, 3.63) is 64.8 Å². The number of thiazole rings is 1. The number of rotatable bonds is 5. The molecular weight excluding hydrogens is 444 g/mol. The average Bonchev–Trinajstić information content (AvgIpc) is 3.43. The van der Waals surface area contributed by atoms with Crippen LogP contribution < -0.4 is 0 Å². The van der Waals surface area contributed by atoms with Crippen LogP contribution in [-0.2, 0) is 11.2 Å². The van der Waals surface area contributed by atoms with Gasteiger partial charge in [0.2, 0.25) is 5.91 Å². The molecular formula is C24H23ClN4O2S. The van der Waals surface area contributed by atoms with Gasteiger partial charge in [0.15, 0.2) is 5.13 Å². The number of halogens is 1. The zero-order chi connectivity index (χ0) is 22.1. The maximum absolute atomic E-state index is 12.8.